The second kappa shape index (κ2) is 7.82. The van der Waals surface area contributed by atoms with Crippen molar-refractivity contribution in [3.63, 3.8) is 0 Å². The van der Waals surface area contributed by atoms with Gasteiger partial charge in [-0.2, -0.15) is 0 Å². The lowest BCUT2D eigenvalue weighted by atomic mass is 10.0. The molecular formula is C22H25N3O2. The average Bonchev–Trinajstić information content (AvgIpc) is 3.11. The summed E-state index contributed by atoms with van der Waals surface area (Å²) in [6.07, 6.45) is 5.22. The van der Waals surface area contributed by atoms with Crippen molar-refractivity contribution in [3.8, 4) is 5.88 Å². The van der Waals surface area contributed by atoms with E-state index in [1.807, 2.05) is 30.0 Å². The van der Waals surface area contributed by atoms with Gasteiger partial charge in [-0.1, -0.05) is 24.3 Å². The quantitative estimate of drug-likeness (QED) is 0.723. The summed E-state index contributed by atoms with van der Waals surface area (Å²) in [5.41, 5.74) is 4.64. The smallest absolute Gasteiger partial charge is 0.222 e. The Kier molecular flexibility index (Phi) is 5.10. The second-order valence-corrected chi connectivity index (χ2v) is 6.97. The van der Waals surface area contributed by atoms with Crippen molar-refractivity contribution in [2.45, 2.75) is 39.2 Å². The van der Waals surface area contributed by atoms with Crippen LogP contribution in [0.4, 0.5) is 0 Å². The number of fused-ring (bicyclic) bond motifs is 2. The fourth-order valence-corrected chi connectivity index (χ4v) is 3.76. The summed E-state index contributed by atoms with van der Waals surface area (Å²) in [4.78, 5) is 22.5. The lowest BCUT2D eigenvalue weighted by Gasteiger charge is -2.28. The van der Waals surface area contributed by atoms with Crippen LogP contribution in [0, 0.1) is 0 Å². The predicted octanol–water partition coefficient (Wildman–Crippen LogP) is 3.87. The number of aromatic amines is 1. The van der Waals surface area contributed by atoms with Gasteiger partial charge in [-0.25, -0.2) is 4.98 Å². The Morgan fingerprint density at radius 3 is 3.04 bits per heavy atom. The van der Waals surface area contributed by atoms with Crippen LogP contribution < -0.4 is 4.74 Å². The number of rotatable bonds is 6. The molecule has 1 amide bonds. The number of para-hydroxylation sites is 1. The number of amides is 1. The average molecular weight is 363 g/mol. The summed E-state index contributed by atoms with van der Waals surface area (Å²) >= 11 is 0. The topological polar surface area (TPSA) is 58.2 Å². The molecule has 3 heterocycles. The maximum absolute atomic E-state index is 12.6. The highest BCUT2D eigenvalue weighted by molar-refractivity contribution is 5.83. The fourth-order valence-electron chi connectivity index (χ4n) is 3.76. The monoisotopic (exact) mass is 363 g/mol. The third-order valence-corrected chi connectivity index (χ3v) is 5.18. The Morgan fingerprint density at radius 1 is 1.26 bits per heavy atom. The first-order valence-electron chi connectivity index (χ1n) is 9.69. The Morgan fingerprint density at radius 2 is 2.15 bits per heavy atom. The molecule has 27 heavy (non-hydrogen) atoms. The third kappa shape index (κ3) is 3.82. The van der Waals surface area contributed by atoms with Crippen molar-refractivity contribution in [3.05, 3.63) is 59.4 Å². The molecule has 0 atom stereocenters. The summed E-state index contributed by atoms with van der Waals surface area (Å²) in [6, 6.07) is 12.2. The summed E-state index contributed by atoms with van der Waals surface area (Å²) in [7, 11) is 0. The van der Waals surface area contributed by atoms with Gasteiger partial charge in [0, 0.05) is 49.1 Å². The molecule has 5 nitrogen and oxygen atoms in total. The molecule has 5 heteroatoms. The number of hydrogen-bond acceptors (Lipinski definition) is 3. The van der Waals surface area contributed by atoms with Crippen LogP contribution in [-0.2, 0) is 24.2 Å². The van der Waals surface area contributed by atoms with E-state index in [-0.39, 0.29) is 5.91 Å². The minimum Gasteiger partial charge on any atom is -0.478 e. The number of H-pyrrole nitrogens is 1. The summed E-state index contributed by atoms with van der Waals surface area (Å²) in [5, 5.41) is 1.26. The zero-order chi connectivity index (χ0) is 18.6. The van der Waals surface area contributed by atoms with Crippen molar-refractivity contribution in [1.82, 2.24) is 14.9 Å². The number of nitrogens with zero attached hydrogens (tertiary/aromatic N) is 2. The van der Waals surface area contributed by atoms with E-state index in [1.165, 1.54) is 10.9 Å². The van der Waals surface area contributed by atoms with Crippen LogP contribution in [-0.4, -0.2) is 33.9 Å². The van der Waals surface area contributed by atoms with Crippen molar-refractivity contribution >= 4 is 16.8 Å². The molecule has 1 aliphatic rings. The number of aromatic nitrogens is 2. The van der Waals surface area contributed by atoms with E-state index < -0.39 is 0 Å². The number of nitrogens with one attached hydrogen (secondary N) is 1. The second-order valence-electron chi connectivity index (χ2n) is 6.97. The summed E-state index contributed by atoms with van der Waals surface area (Å²) in [6.45, 7) is 3.97. The maximum Gasteiger partial charge on any atom is 0.222 e. The zero-order valence-electron chi connectivity index (χ0n) is 15.7. The molecule has 1 aromatic carbocycles. The number of hydrogen-bond donors (Lipinski definition) is 1. The SMILES string of the molecule is CCOc1ccc2c(n1)CCN(C(=O)CCCc1c[nH]c3ccccc13)C2. The van der Waals surface area contributed by atoms with Gasteiger partial charge >= 0.3 is 0 Å². The van der Waals surface area contributed by atoms with E-state index in [0.29, 0.717) is 25.5 Å². The minimum absolute atomic E-state index is 0.231. The number of carbonyl (C=O) groups excluding carboxylic acids is 1. The Bertz CT molecular complexity index is 948. The van der Waals surface area contributed by atoms with E-state index >= 15 is 0 Å². The highest BCUT2D eigenvalue weighted by atomic mass is 16.5. The number of ether oxygens (including phenoxy) is 1. The van der Waals surface area contributed by atoms with E-state index in [2.05, 4.69) is 34.4 Å². The minimum atomic E-state index is 0.231. The molecule has 4 rings (SSSR count). The zero-order valence-corrected chi connectivity index (χ0v) is 15.7. The van der Waals surface area contributed by atoms with Crippen molar-refractivity contribution in [1.29, 1.82) is 0 Å². The molecule has 0 fully saturated rings. The van der Waals surface area contributed by atoms with E-state index in [4.69, 9.17) is 4.74 Å². The molecule has 0 aliphatic carbocycles. The molecule has 0 spiro atoms. The van der Waals surface area contributed by atoms with Gasteiger partial charge in [-0.15, -0.1) is 0 Å². The first-order chi connectivity index (χ1) is 13.2. The van der Waals surface area contributed by atoms with Gasteiger partial charge in [0.05, 0.1) is 12.3 Å². The van der Waals surface area contributed by atoms with E-state index in [1.54, 1.807) is 0 Å². The Labute approximate surface area is 159 Å². The van der Waals surface area contributed by atoms with Crippen LogP contribution in [0.2, 0.25) is 0 Å². The summed E-state index contributed by atoms with van der Waals surface area (Å²) < 4.78 is 5.47. The number of pyridine rings is 1. The molecule has 0 bridgehead atoms. The first-order valence-corrected chi connectivity index (χ1v) is 9.69. The maximum atomic E-state index is 12.6. The number of benzene rings is 1. The lowest BCUT2D eigenvalue weighted by Crippen LogP contribution is -2.36. The molecule has 1 aliphatic heterocycles. The number of carbonyl (C=O) groups is 1. The Balaban J connectivity index is 1.32. The van der Waals surface area contributed by atoms with Crippen LogP contribution in [0.25, 0.3) is 10.9 Å². The molecule has 0 saturated heterocycles. The van der Waals surface area contributed by atoms with E-state index in [9.17, 15) is 4.79 Å². The van der Waals surface area contributed by atoms with Crippen molar-refractivity contribution < 1.29 is 9.53 Å². The normalized spacial score (nSPS) is 13.6. The molecule has 2 aromatic heterocycles. The van der Waals surface area contributed by atoms with Crippen molar-refractivity contribution in [2.75, 3.05) is 13.2 Å². The number of aryl methyl sites for hydroxylation is 1. The van der Waals surface area contributed by atoms with E-state index in [0.717, 1.165) is 42.6 Å². The molecule has 3 aromatic rings. The Hall–Kier alpha value is -2.82. The fraction of sp³-hybridized carbons (Fsp3) is 0.364. The third-order valence-electron chi connectivity index (χ3n) is 5.18. The lowest BCUT2D eigenvalue weighted by molar-refractivity contribution is -0.132. The van der Waals surface area contributed by atoms with Crippen LogP contribution in [0.3, 0.4) is 0 Å². The van der Waals surface area contributed by atoms with Gasteiger partial charge in [-0.05, 0) is 37.0 Å². The molecule has 0 radical (unpaired) electrons. The van der Waals surface area contributed by atoms with Crippen LogP contribution in [0.15, 0.2) is 42.6 Å². The van der Waals surface area contributed by atoms with Gasteiger partial charge in [0.2, 0.25) is 11.8 Å². The van der Waals surface area contributed by atoms with Gasteiger partial charge in [0.25, 0.3) is 0 Å². The summed E-state index contributed by atoms with van der Waals surface area (Å²) in [5.74, 6) is 0.907. The van der Waals surface area contributed by atoms with Crippen LogP contribution in [0.5, 0.6) is 5.88 Å². The first kappa shape index (κ1) is 17.6. The largest absolute Gasteiger partial charge is 0.478 e. The standard InChI is InChI=1S/C22H25N3O2/c1-2-27-21-11-10-17-15-25(13-12-19(17)24-21)22(26)9-5-6-16-14-23-20-8-4-3-7-18(16)20/h3-4,7-8,10-11,14,23H,2,5-6,9,12-13,15H2,1H3. The molecule has 1 N–H and O–H groups in total. The van der Waals surface area contributed by atoms with Gasteiger partial charge in [0.15, 0.2) is 0 Å². The van der Waals surface area contributed by atoms with Gasteiger partial charge in [-0.3, -0.25) is 4.79 Å². The predicted molar refractivity (Wildman–Crippen MR) is 106 cm³/mol. The molecule has 0 saturated carbocycles. The van der Waals surface area contributed by atoms with Crippen molar-refractivity contribution in [2.24, 2.45) is 0 Å². The molecular weight excluding hydrogens is 338 g/mol. The highest BCUT2D eigenvalue weighted by Gasteiger charge is 2.21. The highest BCUT2D eigenvalue weighted by Crippen LogP contribution is 2.22. The van der Waals surface area contributed by atoms with Gasteiger partial charge < -0.3 is 14.6 Å². The van der Waals surface area contributed by atoms with Gasteiger partial charge in [0.1, 0.15) is 0 Å². The van der Waals surface area contributed by atoms with Crippen LogP contribution >= 0.6 is 0 Å². The molecule has 140 valence electrons. The van der Waals surface area contributed by atoms with Crippen LogP contribution in [0.1, 0.15) is 36.6 Å². The molecule has 0 unspecified atom stereocenters.